The number of rotatable bonds is 6. The van der Waals surface area contributed by atoms with Gasteiger partial charge in [0, 0.05) is 6.20 Å². The topological polar surface area (TPSA) is 60.5 Å². The van der Waals surface area contributed by atoms with E-state index in [0.29, 0.717) is 16.5 Å². The van der Waals surface area contributed by atoms with Gasteiger partial charge in [-0.2, -0.15) is 0 Å². The van der Waals surface area contributed by atoms with E-state index in [-0.39, 0.29) is 23.2 Å². The zero-order valence-electron chi connectivity index (χ0n) is 13.8. The number of aromatic nitrogens is 1. The molecule has 0 saturated heterocycles. The Hall–Kier alpha value is -2.83. The Morgan fingerprint density at radius 2 is 1.78 bits per heavy atom. The van der Waals surface area contributed by atoms with Gasteiger partial charge in [-0.05, 0) is 42.5 Å². The van der Waals surface area contributed by atoms with Crippen LogP contribution in [0.25, 0.3) is 0 Å². The molecule has 0 unspecified atom stereocenters. The molecule has 0 saturated carbocycles. The highest BCUT2D eigenvalue weighted by atomic mass is 35.5. The second-order valence-corrected chi connectivity index (χ2v) is 6.17. The van der Waals surface area contributed by atoms with E-state index in [1.54, 1.807) is 30.3 Å². The van der Waals surface area contributed by atoms with Gasteiger partial charge in [0.15, 0.2) is 6.61 Å². The highest BCUT2D eigenvalue weighted by Gasteiger charge is 2.08. The number of anilines is 1. The van der Waals surface area contributed by atoms with Gasteiger partial charge in [-0.1, -0.05) is 35.3 Å². The summed E-state index contributed by atoms with van der Waals surface area (Å²) in [6, 6.07) is 13.9. The van der Waals surface area contributed by atoms with Crippen LogP contribution in [0.4, 0.5) is 10.1 Å². The molecule has 2 aromatic carbocycles. The maximum absolute atomic E-state index is 13.5. The Morgan fingerprint density at radius 3 is 2.48 bits per heavy atom. The third-order valence-electron chi connectivity index (χ3n) is 3.33. The lowest BCUT2D eigenvalue weighted by Crippen LogP contribution is -2.20. The molecule has 0 radical (unpaired) electrons. The molecule has 0 atom stereocenters. The SMILES string of the molecule is O=C(COc1ccc(Oc2ncc(Cl)cc2Cl)cc1)Nc1ccccc1F. The molecule has 0 bridgehead atoms. The van der Waals surface area contributed by atoms with Crippen molar-refractivity contribution in [3.63, 3.8) is 0 Å². The first kappa shape index (κ1) is 18.9. The number of carbonyl (C=O) groups excluding carboxylic acids is 1. The molecule has 1 aromatic heterocycles. The van der Waals surface area contributed by atoms with E-state index in [9.17, 15) is 9.18 Å². The number of hydrogen-bond acceptors (Lipinski definition) is 4. The predicted octanol–water partition coefficient (Wildman–Crippen LogP) is 5.34. The van der Waals surface area contributed by atoms with Crippen molar-refractivity contribution in [1.82, 2.24) is 4.98 Å². The fourth-order valence-electron chi connectivity index (χ4n) is 2.09. The van der Waals surface area contributed by atoms with Crippen molar-refractivity contribution in [2.45, 2.75) is 0 Å². The average molecular weight is 407 g/mol. The molecule has 0 spiro atoms. The number of hydrogen-bond donors (Lipinski definition) is 1. The van der Waals surface area contributed by atoms with Crippen LogP contribution in [0.1, 0.15) is 0 Å². The van der Waals surface area contributed by atoms with Crippen LogP contribution in [0.15, 0.2) is 60.8 Å². The van der Waals surface area contributed by atoms with Crippen LogP contribution in [0, 0.1) is 5.82 Å². The zero-order chi connectivity index (χ0) is 19.2. The largest absolute Gasteiger partial charge is 0.484 e. The van der Waals surface area contributed by atoms with Gasteiger partial charge >= 0.3 is 0 Å². The minimum atomic E-state index is -0.512. The predicted molar refractivity (Wildman–Crippen MR) is 101 cm³/mol. The number of para-hydroxylation sites is 1. The number of nitrogens with zero attached hydrogens (tertiary/aromatic N) is 1. The van der Waals surface area contributed by atoms with Crippen molar-refractivity contribution < 1.29 is 18.7 Å². The van der Waals surface area contributed by atoms with E-state index < -0.39 is 11.7 Å². The van der Waals surface area contributed by atoms with Crippen molar-refractivity contribution in [2.24, 2.45) is 0 Å². The smallest absolute Gasteiger partial charge is 0.262 e. The number of halogens is 3. The first-order valence-electron chi connectivity index (χ1n) is 7.77. The van der Waals surface area contributed by atoms with Crippen molar-refractivity contribution in [2.75, 3.05) is 11.9 Å². The number of ether oxygens (including phenoxy) is 2. The summed E-state index contributed by atoms with van der Waals surface area (Å²) in [7, 11) is 0. The van der Waals surface area contributed by atoms with E-state index in [1.807, 2.05) is 0 Å². The molecule has 1 amide bonds. The quantitative estimate of drug-likeness (QED) is 0.600. The maximum Gasteiger partial charge on any atom is 0.262 e. The van der Waals surface area contributed by atoms with Gasteiger partial charge in [0.25, 0.3) is 5.91 Å². The molecule has 0 aliphatic carbocycles. The van der Waals surface area contributed by atoms with Crippen LogP contribution in [0.2, 0.25) is 10.0 Å². The molecular weight excluding hydrogens is 394 g/mol. The van der Waals surface area contributed by atoms with Crippen LogP contribution >= 0.6 is 23.2 Å². The summed E-state index contributed by atoms with van der Waals surface area (Å²) in [5.41, 5.74) is 0.0993. The normalized spacial score (nSPS) is 10.3. The molecule has 5 nitrogen and oxygen atoms in total. The minimum absolute atomic E-state index is 0.0993. The molecule has 3 aromatic rings. The highest BCUT2D eigenvalue weighted by molar-refractivity contribution is 6.35. The van der Waals surface area contributed by atoms with Gasteiger partial charge in [-0.15, -0.1) is 0 Å². The molecule has 0 aliphatic rings. The molecule has 3 rings (SSSR count). The number of amides is 1. The molecule has 138 valence electrons. The lowest BCUT2D eigenvalue weighted by Gasteiger charge is -2.09. The fourth-order valence-corrected chi connectivity index (χ4v) is 2.51. The Kier molecular flexibility index (Phi) is 6.11. The molecule has 8 heteroatoms. The number of nitrogens with one attached hydrogen (secondary N) is 1. The molecular formula is C19H13Cl2FN2O3. The van der Waals surface area contributed by atoms with Gasteiger partial charge < -0.3 is 14.8 Å². The number of carbonyl (C=O) groups is 1. The van der Waals surface area contributed by atoms with Crippen LogP contribution in [0.3, 0.4) is 0 Å². The summed E-state index contributed by atoms with van der Waals surface area (Å²) in [5, 5.41) is 3.13. The van der Waals surface area contributed by atoms with Crippen LogP contribution in [0.5, 0.6) is 17.4 Å². The monoisotopic (exact) mass is 406 g/mol. The second kappa shape index (κ2) is 8.70. The number of benzene rings is 2. The third kappa shape index (κ3) is 5.32. The summed E-state index contributed by atoms with van der Waals surface area (Å²) in [6.07, 6.45) is 1.43. The Morgan fingerprint density at radius 1 is 1.07 bits per heavy atom. The number of pyridine rings is 1. The highest BCUT2D eigenvalue weighted by Crippen LogP contribution is 2.29. The average Bonchev–Trinajstić information content (AvgIpc) is 2.65. The van der Waals surface area contributed by atoms with E-state index >= 15 is 0 Å². The second-order valence-electron chi connectivity index (χ2n) is 5.33. The van der Waals surface area contributed by atoms with Crippen molar-refractivity contribution in [1.29, 1.82) is 0 Å². The van der Waals surface area contributed by atoms with Crippen LogP contribution in [-0.2, 0) is 4.79 Å². The first-order chi connectivity index (χ1) is 13.0. The Bertz CT molecular complexity index is 952. The Labute approximate surface area is 164 Å². The molecule has 0 fully saturated rings. The lowest BCUT2D eigenvalue weighted by atomic mass is 10.3. The van der Waals surface area contributed by atoms with Crippen LogP contribution < -0.4 is 14.8 Å². The Balaban J connectivity index is 1.54. The summed E-state index contributed by atoms with van der Waals surface area (Å²) in [5.74, 6) is 0.162. The summed E-state index contributed by atoms with van der Waals surface area (Å²) < 4.78 is 24.4. The van der Waals surface area contributed by atoms with E-state index in [1.165, 1.54) is 30.5 Å². The molecule has 1 heterocycles. The van der Waals surface area contributed by atoms with E-state index in [0.717, 1.165) is 0 Å². The van der Waals surface area contributed by atoms with Gasteiger partial charge in [-0.25, -0.2) is 9.37 Å². The van der Waals surface area contributed by atoms with Gasteiger partial charge in [0.2, 0.25) is 5.88 Å². The molecule has 0 aliphatic heterocycles. The minimum Gasteiger partial charge on any atom is -0.484 e. The first-order valence-corrected chi connectivity index (χ1v) is 8.53. The van der Waals surface area contributed by atoms with Gasteiger partial charge in [0.1, 0.15) is 22.3 Å². The van der Waals surface area contributed by atoms with Crippen molar-refractivity contribution >= 4 is 34.8 Å². The molecule has 1 N–H and O–H groups in total. The van der Waals surface area contributed by atoms with E-state index in [2.05, 4.69) is 10.3 Å². The standard InChI is InChI=1S/C19H13Cl2FN2O3/c20-12-9-15(21)19(23-10-12)27-14-7-5-13(6-8-14)26-11-18(25)24-17-4-2-1-3-16(17)22/h1-10H,11H2,(H,24,25). The van der Waals surface area contributed by atoms with E-state index in [4.69, 9.17) is 32.7 Å². The maximum atomic E-state index is 13.5. The fraction of sp³-hybridized carbons (Fsp3) is 0.0526. The summed E-state index contributed by atoms with van der Waals surface area (Å²) in [4.78, 5) is 15.9. The third-order valence-corrected chi connectivity index (χ3v) is 3.81. The van der Waals surface area contributed by atoms with Crippen LogP contribution in [-0.4, -0.2) is 17.5 Å². The zero-order valence-corrected chi connectivity index (χ0v) is 15.3. The van der Waals surface area contributed by atoms with Gasteiger partial charge in [-0.3, -0.25) is 4.79 Å². The summed E-state index contributed by atoms with van der Waals surface area (Å²) >= 11 is 11.8. The molecule has 27 heavy (non-hydrogen) atoms. The summed E-state index contributed by atoms with van der Waals surface area (Å²) in [6.45, 7) is -0.265. The van der Waals surface area contributed by atoms with Crippen molar-refractivity contribution in [3.05, 3.63) is 76.7 Å². The lowest BCUT2D eigenvalue weighted by molar-refractivity contribution is -0.118. The van der Waals surface area contributed by atoms with Gasteiger partial charge in [0.05, 0.1) is 10.7 Å². The van der Waals surface area contributed by atoms with Crippen molar-refractivity contribution in [3.8, 4) is 17.4 Å².